The van der Waals surface area contributed by atoms with Crippen molar-refractivity contribution in [3.63, 3.8) is 0 Å². The first-order valence-corrected chi connectivity index (χ1v) is 8.75. The monoisotopic (exact) mass is 325 g/mol. The van der Waals surface area contributed by atoms with Crippen molar-refractivity contribution < 1.29 is 12.8 Å². The van der Waals surface area contributed by atoms with Crippen molar-refractivity contribution >= 4 is 26.6 Å². The first kappa shape index (κ1) is 16.6. The molecule has 2 N–H and O–H groups in total. The molecule has 0 saturated carbocycles. The second-order valence-electron chi connectivity index (χ2n) is 6.06. The molecule has 1 aromatic heterocycles. The molecule has 0 amide bonds. The van der Waals surface area contributed by atoms with Gasteiger partial charge in [0.2, 0.25) is 10.0 Å². The number of rotatable bonds is 5. The van der Waals surface area contributed by atoms with Crippen molar-refractivity contribution in [2.75, 3.05) is 18.1 Å². The van der Waals surface area contributed by atoms with Crippen molar-refractivity contribution in [2.45, 2.75) is 26.3 Å². The van der Waals surface area contributed by atoms with Crippen LogP contribution >= 0.6 is 0 Å². The van der Waals surface area contributed by atoms with E-state index in [4.69, 9.17) is 0 Å². The number of nitrogens with zero attached hydrogens (tertiary/aromatic N) is 1. The van der Waals surface area contributed by atoms with Gasteiger partial charge in [0.1, 0.15) is 11.3 Å². The summed E-state index contributed by atoms with van der Waals surface area (Å²) in [5, 5.41) is 3.85. The predicted octanol–water partition coefficient (Wildman–Crippen LogP) is 2.42. The number of nitrogens with one attached hydrogen (secondary N) is 2. The summed E-state index contributed by atoms with van der Waals surface area (Å²) in [6.07, 6.45) is 1.12. The zero-order valence-electron chi connectivity index (χ0n) is 13.1. The number of anilines is 1. The fourth-order valence-corrected chi connectivity index (χ4v) is 3.42. The van der Waals surface area contributed by atoms with Crippen LogP contribution in [0.4, 0.5) is 10.1 Å². The van der Waals surface area contributed by atoms with Crippen LogP contribution in [0.15, 0.2) is 24.3 Å². The molecule has 5 nitrogen and oxygen atoms in total. The number of hydrogen-bond acceptors (Lipinski definition) is 4. The van der Waals surface area contributed by atoms with Gasteiger partial charge in [0.05, 0.1) is 6.26 Å². The quantitative estimate of drug-likeness (QED) is 0.886. The van der Waals surface area contributed by atoms with Gasteiger partial charge >= 0.3 is 0 Å². The van der Waals surface area contributed by atoms with Crippen LogP contribution in [0.3, 0.4) is 0 Å². The molecule has 7 heteroatoms. The van der Waals surface area contributed by atoms with E-state index in [1.165, 1.54) is 6.07 Å². The minimum atomic E-state index is -3.31. The van der Waals surface area contributed by atoms with E-state index in [9.17, 15) is 12.8 Å². The molecule has 120 valence electrons. The third-order valence-electron chi connectivity index (χ3n) is 3.10. The SMILES string of the molecule is Cc1cc(NCC(C)(C)NS(C)(=O)=O)c2cccc(F)c2n1. The summed E-state index contributed by atoms with van der Waals surface area (Å²) in [5.41, 5.74) is 1.04. The minimum Gasteiger partial charge on any atom is -0.383 e. The minimum absolute atomic E-state index is 0.305. The molecular weight excluding hydrogens is 305 g/mol. The van der Waals surface area contributed by atoms with Crippen LogP contribution in [0.5, 0.6) is 0 Å². The molecule has 22 heavy (non-hydrogen) atoms. The van der Waals surface area contributed by atoms with Crippen molar-refractivity contribution in [1.29, 1.82) is 0 Å². The van der Waals surface area contributed by atoms with Gasteiger partial charge < -0.3 is 5.32 Å². The Kier molecular flexibility index (Phi) is 4.39. The highest BCUT2D eigenvalue weighted by molar-refractivity contribution is 7.88. The number of sulfonamides is 1. The van der Waals surface area contributed by atoms with E-state index in [0.717, 1.165) is 11.9 Å². The van der Waals surface area contributed by atoms with E-state index in [1.54, 1.807) is 32.9 Å². The number of benzene rings is 1. The topological polar surface area (TPSA) is 71.1 Å². The lowest BCUT2D eigenvalue weighted by Gasteiger charge is -2.26. The van der Waals surface area contributed by atoms with Gasteiger partial charge in [-0.05, 0) is 32.9 Å². The molecular formula is C15H20FN3O2S. The molecule has 0 aliphatic rings. The van der Waals surface area contributed by atoms with Gasteiger partial charge in [-0.15, -0.1) is 0 Å². The van der Waals surface area contributed by atoms with Crippen molar-refractivity contribution in [3.8, 4) is 0 Å². The average Bonchev–Trinajstić information content (AvgIpc) is 2.34. The largest absolute Gasteiger partial charge is 0.383 e. The lowest BCUT2D eigenvalue weighted by molar-refractivity contribution is 0.476. The van der Waals surface area contributed by atoms with Crippen molar-refractivity contribution in [1.82, 2.24) is 9.71 Å². The summed E-state index contributed by atoms with van der Waals surface area (Å²) in [4.78, 5) is 4.21. The molecule has 0 unspecified atom stereocenters. The third-order valence-corrected chi connectivity index (χ3v) is 4.02. The molecule has 0 bridgehead atoms. The summed E-state index contributed by atoms with van der Waals surface area (Å²) in [7, 11) is -3.31. The van der Waals surface area contributed by atoms with E-state index in [1.807, 2.05) is 6.07 Å². The van der Waals surface area contributed by atoms with Crippen molar-refractivity contribution in [2.24, 2.45) is 0 Å². The van der Waals surface area contributed by atoms with Gasteiger partial charge in [-0.2, -0.15) is 0 Å². The molecule has 2 aromatic rings. The molecule has 1 aromatic carbocycles. The maximum absolute atomic E-state index is 13.9. The second kappa shape index (κ2) is 5.81. The lowest BCUT2D eigenvalue weighted by atomic mass is 10.1. The molecule has 0 atom stereocenters. The van der Waals surface area contributed by atoms with E-state index in [-0.39, 0.29) is 5.82 Å². The number of aryl methyl sites for hydroxylation is 1. The van der Waals surface area contributed by atoms with Gasteiger partial charge in [-0.3, -0.25) is 0 Å². The van der Waals surface area contributed by atoms with Gasteiger partial charge in [0.15, 0.2) is 0 Å². The summed E-state index contributed by atoms with van der Waals surface area (Å²) >= 11 is 0. The number of aromatic nitrogens is 1. The highest BCUT2D eigenvalue weighted by atomic mass is 32.2. The highest BCUT2D eigenvalue weighted by Crippen LogP contribution is 2.25. The zero-order valence-corrected chi connectivity index (χ0v) is 13.9. The van der Waals surface area contributed by atoms with Crippen LogP contribution in [-0.2, 0) is 10.0 Å². The molecule has 0 spiro atoms. The van der Waals surface area contributed by atoms with Gasteiger partial charge in [0.25, 0.3) is 0 Å². The third kappa shape index (κ3) is 4.14. The Morgan fingerprint density at radius 1 is 1.32 bits per heavy atom. The Bertz CT molecular complexity index is 804. The zero-order chi connectivity index (χ0) is 16.5. The summed E-state index contributed by atoms with van der Waals surface area (Å²) in [5.74, 6) is -0.377. The lowest BCUT2D eigenvalue weighted by Crippen LogP contribution is -2.47. The van der Waals surface area contributed by atoms with E-state index in [0.29, 0.717) is 23.1 Å². The molecule has 0 fully saturated rings. The summed E-state index contributed by atoms with van der Waals surface area (Å²) in [6, 6.07) is 6.59. The maximum Gasteiger partial charge on any atom is 0.209 e. The van der Waals surface area contributed by atoms with Crippen LogP contribution in [0.25, 0.3) is 10.9 Å². The molecule has 0 radical (unpaired) electrons. The van der Waals surface area contributed by atoms with Crippen LogP contribution in [0.1, 0.15) is 19.5 Å². The smallest absolute Gasteiger partial charge is 0.209 e. The fraction of sp³-hybridized carbons (Fsp3) is 0.400. The van der Waals surface area contributed by atoms with E-state index in [2.05, 4.69) is 15.0 Å². The van der Waals surface area contributed by atoms with Gasteiger partial charge in [-0.1, -0.05) is 12.1 Å². The number of halogens is 1. The number of para-hydroxylation sites is 1. The van der Waals surface area contributed by atoms with Crippen molar-refractivity contribution in [3.05, 3.63) is 35.8 Å². The molecule has 0 aliphatic heterocycles. The van der Waals surface area contributed by atoms with Crippen LogP contribution in [0, 0.1) is 12.7 Å². The average molecular weight is 325 g/mol. The highest BCUT2D eigenvalue weighted by Gasteiger charge is 2.22. The normalized spacial score (nSPS) is 12.6. The van der Waals surface area contributed by atoms with Crippen LogP contribution in [0.2, 0.25) is 0 Å². The van der Waals surface area contributed by atoms with Gasteiger partial charge in [-0.25, -0.2) is 22.5 Å². The number of pyridine rings is 1. The molecule has 0 aliphatic carbocycles. The van der Waals surface area contributed by atoms with Crippen LogP contribution < -0.4 is 10.0 Å². The molecule has 2 rings (SSSR count). The second-order valence-corrected chi connectivity index (χ2v) is 7.81. The Balaban J connectivity index is 2.31. The number of hydrogen-bond donors (Lipinski definition) is 2. The summed E-state index contributed by atoms with van der Waals surface area (Å²) in [6.45, 7) is 5.70. The summed E-state index contributed by atoms with van der Waals surface area (Å²) < 4.78 is 39.2. The van der Waals surface area contributed by atoms with E-state index < -0.39 is 15.6 Å². The maximum atomic E-state index is 13.9. The fourth-order valence-electron chi connectivity index (χ4n) is 2.34. The van der Waals surface area contributed by atoms with Crippen LogP contribution in [-0.4, -0.2) is 31.7 Å². The number of fused-ring (bicyclic) bond motifs is 1. The Labute approximate surface area is 130 Å². The Hall–Kier alpha value is -1.73. The molecule has 1 heterocycles. The molecule has 0 saturated heterocycles. The van der Waals surface area contributed by atoms with E-state index >= 15 is 0 Å². The predicted molar refractivity (Wildman–Crippen MR) is 87.0 cm³/mol. The standard InChI is InChI=1S/C15H20FN3O2S/c1-10-8-13(11-6-5-7-12(16)14(11)18-10)17-9-15(2,3)19-22(4,20)21/h5-8,19H,9H2,1-4H3,(H,17,18). The van der Waals surface area contributed by atoms with Gasteiger partial charge in [0, 0.05) is 28.9 Å². The first-order valence-electron chi connectivity index (χ1n) is 6.86. The Morgan fingerprint density at radius 2 is 2.00 bits per heavy atom. The first-order chi connectivity index (χ1) is 10.1. The Morgan fingerprint density at radius 3 is 2.64 bits per heavy atom.